The van der Waals surface area contributed by atoms with Gasteiger partial charge in [0, 0.05) is 27.1 Å². The van der Waals surface area contributed by atoms with E-state index in [0.717, 1.165) is 27.1 Å². The third-order valence-electron chi connectivity index (χ3n) is 2.48. The number of fused-ring (bicyclic) bond motifs is 2. The molecule has 0 aliphatic carbocycles. The first-order valence-electron chi connectivity index (χ1n) is 5.69. The molecule has 1 heterocycles. The van der Waals surface area contributed by atoms with Crippen LogP contribution in [0.4, 0.5) is 0 Å². The van der Waals surface area contributed by atoms with Crippen LogP contribution in [0, 0.1) is 0 Å². The fraction of sp³-hybridized carbons (Fsp3) is 0.0667. The van der Waals surface area contributed by atoms with Crippen LogP contribution in [0.5, 0.6) is 0 Å². The second-order valence-electron chi connectivity index (χ2n) is 3.94. The molecule has 0 radical (unpaired) electrons. The molecule has 0 aliphatic heterocycles. The van der Waals surface area contributed by atoms with Gasteiger partial charge in [-0.05, 0) is 24.3 Å². The van der Waals surface area contributed by atoms with Gasteiger partial charge in [0.25, 0.3) is 5.97 Å². The van der Waals surface area contributed by atoms with E-state index in [4.69, 9.17) is 9.90 Å². The van der Waals surface area contributed by atoms with Crippen molar-refractivity contribution in [2.45, 2.75) is 6.92 Å². The minimum absolute atomic E-state index is 0.139. The van der Waals surface area contributed by atoms with Gasteiger partial charge in [0.05, 0.1) is 0 Å². The normalized spacial score (nSPS) is 9.95. The molecule has 3 aromatic rings. The molecule has 1 N–H and O–H groups in total. The summed E-state index contributed by atoms with van der Waals surface area (Å²) in [4.78, 5) is 21.1. The van der Waals surface area contributed by atoms with E-state index < -0.39 is 5.97 Å². The minimum atomic E-state index is -0.833. The molecule has 0 saturated heterocycles. The summed E-state index contributed by atoms with van der Waals surface area (Å²) < 4.78 is 2.11. The number of carboxylic acids is 1. The predicted molar refractivity (Wildman–Crippen MR) is 78.9 cm³/mol. The van der Waals surface area contributed by atoms with Crippen molar-refractivity contribution in [2.24, 2.45) is 0 Å². The second kappa shape index (κ2) is 5.63. The molecule has 96 valence electrons. The van der Waals surface area contributed by atoms with Crippen molar-refractivity contribution in [3.8, 4) is 0 Å². The Morgan fingerprint density at radius 3 is 1.74 bits per heavy atom. The number of carbonyl (C=O) groups is 1. The van der Waals surface area contributed by atoms with Gasteiger partial charge in [0.2, 0.25) is 0 Å². The molecule has 0 unspecified atom stereocenters. The van der Waals surface area contributed by atoms with E-state index in [1.807, 2.05) is 48.5 Å². The molecule has 0 saturated carbocycles. The van der Waals surface area contributed by atoms with Gasteiger partial charge in [-0.2, -0.15) is 0 Å². The number of carboxylic acid groups (broad SMARTS) is 1. The van der Waals surface area contributed by atoms with Gasteiger partial charge >= 0.3 is 0 Å². The summed E-state index contributed by atoms with van der Waals surface area (Å²) in [6.45, 7) is 1.08. The average molecular weight is 272 g/mol. The number of benzene rings is 2. The highest BCUT2D eigenvalue weighted by atomic mass is 32.1. The average Bonchev–Trinajstić information content (AvgIpc) is 2.38. The summed E-state index contributed by atoms with van der Waals surface area (Å²) in [5, 5.41) is 9.06. The number of hydrogen-bond acceptors (Lipinski definition) is 3. The lowest BCUT2D eigenvalue weighted by molar-refractivity contribution is -0.134. The van der Waals surface area contributed by atoms with Crippen LogP contribution in [0.3, 0.4) is 0 Å². The lowest BCUT2D eigenvalue weighted by atomic mass is 10.2. The Morgan fingerprint density at radius 2 is 1.32 bits per heavy atom. The molecule has 0 aliphatic rings. The zero-order chi connectivity index (χ0) is 13.8. The number of hydrogen-bond donors (Lipinski definition) is 1. The molecule has 2 aromatic carbocycles. The Morgan fingerprint density at radius 1 is 0.947 bits per heavy atom. The summed E-state index contributed by atoms with van der Waals surface area (Å²) in [6.07, 6.45) is 0. The van der Waals surface area contributed by atoms with E-state index >= 15 is 0 Å². The summed E-state index contributed by atoms with van der Waals surface area (Å²) in [5.74, 6) is -0.833. The SMILES string of the molecule is CC(=O)O.O=c1c2ccccc2sc2ccccc12. The van der Waals surface area contributed by atoms with Crippen LogP contribution in [0.1, 0.15) is 6.92 Å². The Bertz CT molecular complexity index is 729. The molecule has 1 aromatic heterocycles. The Balaban J connectivity index is 0.000000297. The fourth-order valence-electron chi connectivity index (χ4n) is 1.75. The molecule has 3 rings (SSSR count). The Labute approximate surface area is 113 Å². The van der Waals surface area contributed by atoms with Gasteiger partial charge in [-0.3, -0.25) is 9.59 Å². The zero-order valence-electron chi connectivity index (χ0n) is 10.3. The van der Waals surface area contributed by atoms with Gasteiger partial charge in [-0.1, -0.05) is 24.3 Å². The summed E-state index contributed by atoms with van der Waals surface area (Å²) in [7, 11) is 0. The van der Waals surface area contributed by atoms with Crippen molar-refractivity contribution in [1.82, 2.24) is 0 Å². The monoisotopic (exact) mass is 272 g/mol. The minimum Gasteiger partial charge on any atom is -0.481 e. The van der Waals surface area contributed by atoms with Crippen LogP contribution in [0.15, 0.2) is 53.3 Å². The standard InChI is InChI=1S/C13H8OS.C2H4O2/c14-13-9-5-1-3-7-11(9)15-12-8-4-2-6-10(12)13;1-2(3)4/h1-8H;1H3,(H,3,4). The lowest BCUT2D eigenvalue weighted by Crippen LogP contribution is -1.99. The third kappa shape index (κ3) is 2.98. The molecule has 0 fully saturated rings. The topological polar surface area (TPSA) is 54.4 Å². The fourth-order valence-corrected chi connectivity index (χ4v) is 2.82. The predicted octanol–water partition coefficient (Wildman–Crippen LogP) is 3.51. The van der Waals surface area contributed by atoms with E-state index in [2.05, 4.69) is 0 Å². The van der Waals surface area contributed by atoms with Gasteiger partial charge in [0.15, 0.2) is 5.43 Å². The zero-order valence-corrected chi connectivity index (χ0v) is 11.1. The molecule has 0 spiro atoms. The van der Waals surface area contributed by atoms with Crippen LogP contribution in [-0.2, 0) is 4.79 Å². The first-order valence-corrected chi connectivity index (χ1v) is 6.51. The third-order valence-corrected chi connectivity index (χ3v) is 3.64. The molecule has 0 bridgehead atoms. The van der Waals surface area contributed by atoms with Gasteiger partial charge in [-0.15, -0.1) is 11.3 Å². The second-order valence-corrected chi connectivity index (χ2v) is 5.03. The highest BCUT2D eigenvalue weighted by Gasteiger charge is 2.03. The summed E-state index contributed by atoms with van der Waals surface area (Å²) in [6, 6.07) is 15.5. The first kappa shape index (κ1) is 13.2. The van der Waals surface area contributed by atoms with Crippen molar-refractivity contribution in [3.63, 3.8) is 0 Å². The van der Waals surface area contributed by atoms with Crippen molar-refractivity contribution < 1.29 is 9.90 Å². The van der Waals surface area contributed by atoms with E-state index in [1.54, 1.807) is 11.3 Å². The molecule has 3 nitrogen and oxygen atoms in total. The van der Waals surface area contributed by atoms with E-state index in [-0.39, 0.29) is 5.43 Å². The maximum atomic E-state index is 12.1. The highest BCUT2D eigenvalue weighted by Crippen LogP contribution is 2.23. The van der Waals surface area contributed by atoms with Gasteiger partial charge in [-0.25, -0.2) is 0 Å². The van der Waals surface area contributed by atoms with Crippen LogP contribution in [-0.4, -0.2) is 11.1 Å². The highest BCUT2D eigenvalue weighted by molar-refractivity contribution is 7.24. The van der Waals surface area contributed by atoms with Gasteiger partial charge in [0.1, 0.15) is 0 Å². The maximum Gasteiger partial charge on any atom is 0.300 e. The lowest BCUT2D eigenvalue weighted by Gasteiger charge is -1.99. The molecule has 19 heavy (non-hydrogen) atoms. The summed E-state index contributed by atoms with van der Waals surface area (Å²) in [5.41, 5.74) is 0.139. The molecule has 0 atom stereocenters. The van der Waals surface area contributed by atoms with Crippen molar-refractivity contribution in [2.75, 3.05) is 0 Å². The molecular weight excluding hydrogens is 260 g/mol. The van der Waals surface area contributed by atoms with Crippen molar-refractivity contribution in [1.29, 1.82) is 0 Å². The summed E-state index contributed by atoms with van der Waals surface area (Å²) >= 11 is 1.67. The Hall–Kier alpha value is -2.20. The van der Waals surface area contributed by atoms with Crippen LogP contribution in [0.2, 0.25) is 0 Å². The first-order chi connectivity index (χ1) is 9.09. The Kier molecular flexibility index (Phi) is 3.92. The molecule has 4 heteroatoms. The van der Waals surface area contributed by atoms with Crippen LogP contribution < -0.4 is 5.43 Å². The smallest absolute Gasteiger partial charge is 0.300 e. The van der Waals surface area contributed by atoms with Crippen LogP contribution >= 0.6 is 11.3 Å². The van der Waals surface area contributed by atoms with E-state index in [0.29, 0.717) is 0 Å². The van der Waals surface area contributed by atoms with Gasteiger partial charge < -0.3 is 5.11 Å². The maximum absolute atomic E-state index is 12.1. The number of rotatable bonds is 0. The van der Waals surface area contributed by atoms with E-state index in [1.165, 1.54) is 0 Å². The van der Waals surface area contributed by atoms with E-state index in [9.17, 15) is 4.79 Å². The van der Waals surface area contributed by atoms with Crippen molar-refractivity contribution in [3.05, 3.63) is 58.8 Å². The number of aliphatic carboxylic acids is 1. The molecule has 0 amide bonds. The quantitative estimate of drug-likeness (QED) is 0.637. The molecular formula is C15H12O3S. The van der Waals surface area contributed by atoms with Crippen LogP contribution in [0.25, 0.3) is 20.2 Å². The van der Waals surface area contributed by atoms with Crippen molar-refractivity contribution >= 4 is 37.5 Å². The largest absolute Gasteiger partial charge is 0.481 e.